The van der Waals surface area contributed by atoms with Gasteiger partial charge in [0.1, 0.15) is 0 Å². The first-order valence-electron chi connectivity index (χ1n) is 8.83. The number of aromatic nitrogens is 3. The third-order valence-corrected chi connectivity index (χ3v) is 4.39. The zero-order chi connectivity index (χ0) is 22.2. The zero-order valence-corrected chi connectivity index (χ0v) is 15.5. The molecule has 156 valence electrons. The molecule has 4 aromatic rings. The van der Waals surface area contributed by atoms with Crippen LogP contribution in [0.5, 0.6) is 0 Å². The molecule has 0 saturated heterocycles. The first kappa shape index (κ1) is 20.5. The van der Waals surface area contributed by atoms with E-state index in [1.54, 1.807) is 30.3 Å². The van der Waals surface area contributed by atoms with Crippen molar-refractivity contribution in [1.82, 2.24) is 14.6 Å². The Labute approximate surface area is 172 Å². The second kappa shape index (κ2) is 7.47. The maximum Gasteiger partial charge on any atom is 0.433 e. The molecular formula is C22H11F6N3. The molecule has 0 amide bonds. The lowest BCUT2D eigenvalue weighted by atomic mass is 10.1. The predicted molar refractivity (Wildman–Crippen MR) is 101 cm³/mol. The Morgan fingerprint density at radius 3 is 2.06 bits per heavy atom. The fourth-order valence-corrected chi connectivity index (χ4v) is 2.89. The van der Waals surface area contributed by atoms with Crippen molar-refractivity contribution >= 4 is 5.65 Å². The Morgan fingerprint density at radius 1 is 0.774 bits per heavy atom. The summed E-state index contributed by atoms with van der Waals surface area (Å²) in [7, 11) is 0. The lowest BCUT2D eigenvalue weighted by molar-refractivity contribution is -0.142. The molecule has 31 heavy (non-hydrogen) atoms. The Bertz CT molecular complexity index is 1290. The van der Waals surface area contributed by atoms with E-state index in [0.29, 0.717) is 10.1 Å². The highest BCUT2D eigenvalue weighted by Gasteiger charge is 2.36. The van der Waals surface area contributed by atoms with Crippen molar-refractivity contribution in [3.8, 4) is 23.1 Å². The van der Waals surface area contributed by atoms with Gasteiger partial charge in [0.15, 0.2) is 11.3 Å². The highest BCUT2D eigenvalue weighted by atomic mass is 19.4. The molecule has 0 aliphatic carbocycles. The molecule has 2 aromatic heterocycles. The molecular weight excluding hydrogens is 420 g/mol. The number of halogens is 6. The number of benzene rings is 2. The third kappa shape index (κ3) is 4.23. The average Bonchev–Trinajstić information content (AvgIpc) is 3.14. The first-order valence-corrected chi connectivity index (χ1v) is 8.83. The Morgan fingerprint density at radius 2 is 1.45 bits per heavy atom. The van der Waals surface area contributed by atoms with E-state index in [-0.39, 0.29) is 22.5 Å². The van der Waals surface area contributed by atoms with E-state index in [4.69, 9.17) is 0 Å². The molecule has 0 unspecified atom stereocenters. The van der Waals surface area contributed by atoms with E-state index in [9.17, 15) is 26.3 Å². The minimum absolute atomic E-state index is 0.101. The molecule has 4 rings (SSSR count). The summed E-state index contributed by atoms with van der Waals surface area (Å²) in [6.07, 6.45) is -8.15. The number of hydrogen-bond donors (Lipinski definition) is 0. The van der Waals surface area contributed by atoms with Gasteiger partial charge in [-0.05, 0) is 30.3 Å². The second-order valence-electron chi connectivity index (χ2n) is 6.51. The summed E-state index contributed by atoms with van der Waals surface area (Å²) >= 11 is 0. The average molecular weight is 431 g/mol. The maximum absolute atomic E-state index is 13.6. The number of nitrogens with zero attached hydrogens (tertiary/aromatic N) is 3. The molecule has 2 aromatic carbocycles. The summed E-state index contributed by atoms with van der Waals surface area (Å²) in [5, 5.41) is 3.76. The van der Waals surface area contributed by atoms with E-state index in [1.165, 1.54) is 6.20 Å². The van der Waals surface area contributed by atoms with E-state index >= 15 is 0 Å². The highest BCUT2D eigenvalue weighted by Crippen LogP contribution is 2.34. The fourth-order valence-electron chi connectivity index (χ4n) is 2.89. The van der Waals surface area contributed by atoms with Gasteiger partial charge in [-0.2, -0.15) is 31.4 Å². The van der Waals surface area contributed by atoms with Gasteiger partial charge >= 0.3 is 12.4 Å². The standard InChI is InChI=1S/C22H11F6N3/c23-21(24,25)17-10-8-15(9-11-17)18-12-19(22(26,27)28)31-20(30-18)16(13-29-31)7-6-14-4-2-1-3-5-14/h1-5,8-13H. The van der Waals surface area contributed by atoms with Crippen molar-refractivity contribution in [3.63, 3.8) is 0 Å². The van der Waals surface area contributed by atoms with Crippen LogP contribution in [0.25, 0.3) is 16.9 Å². The molecule has 0 fully saturated rings. The van der Waals surface area contributed by atoms with Gasteiger partial charge in [-0.25, -0.2) is 9.50 Å². The van der Waals surface area contributed by atoms with Crippen molar-refractivity contribution in [1.29, 1.82) is 0 Å². The van der Waals surface area contributed by atoms with Crippen molar-refractivity contribution in [3.05, 3.63) is 89.2 Å². The molecule has 9 heteroatoms. The van der Waals surface area contributed by atoms with Crippen LogP contribution in [-0.2, 0) is 12.4 Å². The second-order valence-corrected chi connectivity index (χ2v) is 6.51. The van der Waals surface area contributed by atoms with Gasteiger partial charge < -0.3 is 0 Å². The van der Waals surface area contributed by atoms with Crippen molar-refractivity contribution < 1.29 is 26.3 Å². The van der Waals surface area contributed by atoms with Crippen molar-refractivity contribution in [2.45, 2.75) is 12.4 Å². The quantitative estimate of drug-likeness (QED) is 0.280. The van der Waals surface area contributed by atoms with Gasteiger partial charge in [0, 0.05) is 11.1 Å². The van der Waals surface area contributed by atoms with Gasteiger partial charge in [-0.3, -0.25) is 0 Å². The summed E-state index contributed by atoms with van der Waals surface area (Å²) < 4.78 is 79.9. The Kier molecular flexibility index (Phi) is 4.93. The van der Waals surface area contributed by atoms with Crippen molar-refractivity contribution in [2.75, 3.05) is 0 Å². The third-order valence-electron chi connectivity index (χ3n) is 4.39. The number of hydrogen-bond acceptors (Lipinski definition) is 2. The molecule has 0 atom stereocenters. The summed E-state index contributed by atoms with van der Waals surface area (Å²) in [5.41, 5.74) is -1.40. The minimum atomic E-state index is -4.77. The molecule has 0 aliphatic rings. The van der Waals surface area contributed by atoms with Gasteiger partial charge in [0.05, 0.1) is 23.0 Å². The molecule has 0 N–H and O–H groups in total. The van der Waals surface area contributed by atoms with Gasteiger partial charge in [-0.15, -0.1) is 0 Å². The van der Waals surface area contributed by atoms with Crippen LogP contribution in [0.3, 0.4) is 0 Å². The summed E-state index contributed by atoms with van der Waals surface area (Å²) in [4.78, 5) is 4.20. The van der Waals surface area contributed by atoms with E-state index < -0.39 is 23.6 Å². The number of alkyl halides is 6. The lowest BCUT2D eigenvalue weighted by Crippen LogP contribution is -2.13. The maximum atomic E-state index is 13.6. The molecule has 0 spiro atoms. The van der Waals surface area contributed by atoms with Crippen molar-refractivity contribution in [2.24, 2.45) is 0 Å². The topological polar surface area (TPSA) is 30.2 Å². The predicted octanol–water partition coefficient (Wildman–Crippen LogP) is 5.83. The lowest BCUT2D eigenvalue weighted by Gasteiger charge is -2.12. The SMILES string of the molecule is FC(F)(F)c1ccc(-c2cc(C(F)(F)F)n3ncc(C#Cc4ccccc4)c3n2)cc1. The van der Waals surface area contributed by atoms with E-state index in [1.807, 2.05) is 0 Å². The van der Waals surface area contributed by atoms with Gasteiger partial charge in [0.2, 0.25) is 0 Å². The minimum Gasteiger partial charge on any atom is -0.227 e. The van der Waals surface area contributed by atoms with Gasteiger partial charge in [0.25, 0.3) is 0 Å². The van der Waals surface area contributed by atoms with Crippen LogP contribution in [0.2, 0.25) is 0 Å². The molecule has 0 radical (unpaired) electrons. The van der Waals surface area contributed by atoms with Crippen LogP contribution >= 0.6 is 0 Å². The fraction of sp³-hybridized carbons (Fsp3) is 0.0909. The smallest absolute Gasteiger partial charge is 0.227 e. The van der Waals surface area contributed by atoms with Crippen LogP contribution in [0.4, 0.5) is 26.3 Å². The molecule has 3 nitrogen and oxygen atoms in total. The number of fused-ring (bicyclic) bond motifs is 1. The van der Waals surface area contributed by atoms with Crippen LogP contribution in [-0.4, -0.2) is 14.6 Å². The molecule has 2 heterocycles. The van der Waals surface area contributed by atoms with Crippen LogP contribution < -0.4 is 0 Å². The monoisotopic (exact) mass is 431 g/mol. The van der Waals surface area contributed by atoms with E-state index in [0.717, 1.165) is 30.3 Å². The molecule has 0 saturated carbocycles. The van der Waals surface area contributed by atoms with Crippen LogP contribution in [0, 0.1) is 11.8 Å². The van der Waals surface area contributed by atoms with Gasteiger partial charge in [-0.1, -0.05) is 42.2 Å². The molecule has 0 bridgehead atoms. The molecule has 0 aliphatic heterocycles. The summed E-state index contributed by atoms with van der Waals surface area (Å²) in [6.45, 7) is 0. The largest absolute Gasteiger partial charge is 0.433 e. The first-order chi connectivity index (χ1) is 14.6. The van der Waals surface area contributed by atoms with Crippen LogP contribution in [0.15, 0.2) is 66.9 Å². The Hall–Kier alpha value is -3.80. The highest BCUT2D eigenvalue weighted by molar-refractivity contribution is 5.67. The summed E-state index contributed by atoms with van der Waals surface area (Å²) in [5.74, 6) is 5.59. The zero-order valence-electron chi connectivity index (χ0n) is 15.5. The number of rotatable bonds is 1. The van der Waals surface area contributed by atoms with E-state index in [2.05, 4.69) is 21.9 Å². The summed E-state index contributed by atoms with van der Waals surface area (Å²) in [6, 6.07) is 13.3. The van der Waals surface area contributed by atoms with Crippen LogP contribution in [0.1, 0.15) is 22.4 Å². The normalized spacial score (nSPS) is 11.9. The Balaban J connectivity index is 1.86.